The van der Waals surface area contributed by atoms with Gasteiger partial charge in [-0.3, -0.25) is 4.98 Å². The number of rotatable bonds is 6. The maximum Gasteiger partial charge on any atom is 0.0387 e. The maximum absolute atomic E-state index is 4.32. The number of hydrogen-bond donors (Lipinski definition) is 1. The molecular formula is C15H26N2. The molecule has 1 rings (SSSR count). The fourth-order valence-electron chi connectivity index (χ4n) is 2.07. The minimum absolute atomic E-state index is 0.255. The Hall–Kier alpha value is -0.890. The van der Waals surface area contributed by atoms with Gasteiger partial charge in [0.1, 0.15) is 0 Å². The third-order valence-corrected chi connectivity index (χ3v) is 3.52. The summed E-state index contributed by atoms with van der Waals surface area (Å²) in [6, 6.07) is 2.64. The third kappa shape index (κ3) is 3.81. The van der Waals surface area contributed by atoms with Crippen LogP contribution >= 0.6 is 0 Å². The van der Waals surface area contributed by atoms with Gasteiger partial charge in [0, 0.05) is 18.4 Å². The number of aromatic nitrogens is 1. The van der Waals surface area contributed by atoms with Gasteiger partial charge in [-0.1, -0.05) is 33.8 Å². The minimum Gasteiger partial charge on any atom is -0.309 e. The molecule has 1 atom stereocenters. The van der Waals surface area contributed by atoms with Crippen molar-refractivity contribution < 1.29 is 0 Å². The van der Waals surface area contributed by atoms with Crippen molar-refractivity contribution in [1.29, 1.82) is 0 Å². The zero-order valence-corrected chi connectivity index (χ0v) is 11.9. The normalized spacial score (nSPS) is 13.7. The number of aryl methyl sites for hydroxylation is 1. The Balaban J connectivity index is 2.97. The Morgan fingerprint density at radius 1 is 1.29 bits per heavy atom. The first-order chi connectivity index (χ1) is 8.01. The van der Waals surface area contributed by atoms with Gasteiger partial charge >= 0.3 is 0 Å². The highest BCUT2D eigenvalue weighted by Gasteiger charge is 2.28. The molecule has 0 aliphatic carbocycles. The molecule has 1 N–H and O–H groups in total. The van der Waals surface area contributed by atoms with Gasteiger partial charge in [-0.05, 0) is 42.9 Å². The van der Waals surface area contributed by atoms with Crippen molar-refractivity contribution in [1.82, 2.24) is 10.3 Å². The predicted molar refractivity (Wildman–Crippen MR) is 74.1 cm³/mol. The quantitative estimate of drug-likeness (QED) is 0.808. The molecule has 2 heteroatoms. The van der Waals surface area contributed by atoms with E-state index in [-0.39, 0.29) is 5.41 Å². The van der Waals surface area contributed by atoms with Crippen molar-refractivity contribution in [3.8, 4) is 0 Å². The molecule has 0 aliphatic rings. The molecule has 1 unspecified atom stereocenters. The highest BCUT2D eigenvalue weighted by Crippen LogP contribution is 2.36. The molecule has 1 heterocycles. The summed E-state index contributed by atoms with van der Waals surface area (Å²) in [7, 11) is 0. The van der Waals surface area contributed by atoms with Gasteiger partial charge in [0.25, 0.3) is 0 Å². The maximum atomic E-state index is 4.32. The lowest BCUT2D eigenvalue weighted by molar-refractivity contribution is 0.234. The topological polar surface area (TPSA) is 24.9 Å². The molecule has 1 aromatic heterocycles. The Kier molecular flexibility index (Phi) is 5.13. The van der Waals surface area contributed by atoms with E-state index in [1.807, 2.05) is 12.4 Å². The number of hydrogen-bond acceptors (Lipinski definition) is 2. The average Bonchev–Trinajstić information content (AvgIpc) is 2.29. The van der Waals surface area contributed by atoms with Crippen molar-refractivity contribution in [2.75, 3.05) is 6.54 Å². The average molecular weight is 234 g/mol. The zero-order valence-electron chi connectivity index (χ0n) is 11.9. The number of nitrogens with zero attached hydrogens (tertiary/aromatic N) is 1. The van der Waals surface area contributed by atoms with E-state index < -0.39 is 0 Å². The lowest BCUT2D eigenvalue weighted by Gasteiger charge is -2.34. The van der Waals surface area contributed by atoms with Crippen molar-refractivity contribution >= 4 is 0 Å². The molecule has 0 radical (unpaired) electrons. The molecule has 0 aromatic carbocycles. The second kappa shape index (κ2) is 6.15. The monoisotopic (exact) mass is 234 g/mol. The van der Waals surface area contributed by atoms with Crippen molar-refractivity contribution in [2.24, 2.45) is 5.41 Å². The highest BCUT2D eigenvalue weighted by molar-refractivity contribution is 5.22. The van der Waals surface area contributed by atoms with Gasteiger partial charge < -0.3 is 5.32 Å². The summed E-state index contributed by atoms with van der Waals surface area (Å²) in [5, 5.41) is 3.66. The summed E-state index contributed by atoms with van der Waals surface area (Å²) in [5.41, 5.74) is 2.80. The molecule has 1 aromatic rings. The van der Waals surface area contributed by atoms with Crippen molar-refractivity contribution in [2.45, 2.75) is 53.5 Å². The smallest absolute Gasteiger partial charge is 0.0387 e. The van der Waals surface area contributed by atoms with Crippen LogP contribution in [0.15, 0.2) is 18.5 Å². The lowest BCUT2D eigenvalue weighted by atomic mass is 9.78. The van der Waals surface area contributed by atoms with E-state index in [0.717, 1.165) is 19.4 Å². The van der Waals surface area contributed by atoms with E-state index in [4.69, 9.17) is 0 Å². The van der Waals surface area contributed by atoms with Gasteiger partial charge in [-0.25, -0.2) is 0 Å². The molecule has 0 amide bonds. The fourth-order valence-corrected chi connectivity index (χ4v) is 2.07. The number of pyridine rings is 1. The Morgan fingerprint density at radius 3 is 2.53 bits per heavy atom. The van der Waals surface area contributed by atoms with Crippen LogP contribution in [0.2, 0.25) is 0 Å². The first kappa shape index (κ1) is 14.2. The first-order valence-electron chi connectivity index (χ1n) is 6.66. The van der Waals surface area contributed by atoms with E-state index >= 15 is 0 Å². The standard InChI is InChI=1S/C15H26N2/c1-6-8-17-14(15(4,5)7-2)13-9-12(3)10-16-11-13/h9-11,14,17H,6-8H2,1-5H3. The molecule has 96 valence electrons. The zero-order chi connectivity index (χ0) is 12.9. The molecule has 0 saturated carbocycles. The van der Waals surface area contributed by atoms with Crippen LogP contribution in [0.25, 0.3) is 0 Å². The largest absolute Gasteiger partial charge is 0.309 e. The van der Waals surface area contributed by atoms with Crippen LogP contribution in [0.1, 0.15) is 57.7 Å². The molecular weight excluding hydrogens is 208 g/mol. The summed E-state index contributed by atoms with van der Waals surface area (Å²) in [5.74, 6) is 0. The lowest BCUT2D eigenvalue weighted by Crippen LogP contribution is -2.34. The number of nitrogens with one attached hydrogen (secondary N) is 1. The summed E-state index contributed by atoms with van der Waals surface area (Å²) >= 11 is 0. The molecule has 0 fully saturated rings. The van der Waals surface area contributed by atoms with Crippen LogP contribution in [-0.2, 0) is 0 Å². The first-order valence-corrected chi connectivity index (χ1v) is 6.66. The predicted octanol–water partition coefficient (Wildman–Crippen LogP) is 3.87. The van der Waals surface area contributed by atoms with Crippen LogP contribution in [0.4, 0.5) is 0 Å². The summed E-state index contributed by atoms with van der Waals surface area (Å²) in [6.45, 7) is 12.3. The second-order valence-electron chi connectivity index (χ2n) is 5.52. The van der Waals surface area contributed by atoms with E-state index in [1.54, 1.807) is 0 Å². The van der Waals surface area contributed by atoms with Gasteiger partial charge in [-0.2, -0.15) is 0 Å². The Labute approximate surface area is 106 Å². The van der Waals surface area contributed by atoms with Gasteiger partial charge in [0.05, 0.1) is 0 Å². The Morgan fingerprint density at radius 2 is 2.00 bits per heavy atom. The van der Waals surface area contributed by atoms with Gasteiger partial charge in [-0.15, -0.1) is 0 Å². The molecule has 0 saturated heterocycles. The van der Waals surface area contributed by atoms with Crippen LogP contribution < -0.4 is 5.32 Å². The van der Waals surface area contributed by atoms with Crippen LogP contribution in [0.3, 0.4) is 0 Å². The van der Waals surface area contributed by atoms with E-state index in [9.17, 15) is 0 Å². The highest BCUT2D eigenvalue weighted by atomic mass is 14.9. The fraction of sp³-hybridized carbons (Fsp3) is 0.667. The van der Waals surface area contributed by atoms with E-state index in [1.165, 1.54) is 11.1 Å². The summed E-state index contributed by atoms with van der Waals surface area (Å²) < 4.78 is 0. The SMILES string of the molecule is CCCNC(c1cncc(C)c1)C(C)(C)CC. The molecule has 2 nitrogen and oxygen atoms in total. The van der Waals surface area contributed by atoms with Gasteiger partial charge in [0.15, 0.2) is 0 Å². The van der Waals surface area contributed by atoms with Crippen LogP contribution in [0.5, 0.6) is 0 Å². The molecule has 0 bridgehead atoms. The van der Waals surface area contributed by atoms with Crippen LogP contribution in [0, 0.1) is 12.3 Å². The molecule has 0 aliphatic heterocycles. The van der Waals surface area contributed by atoms with Crippen molar-refractivity contribution in [3.05, 3.63) is 29.6 Å². The van der Waals surface area contributed by atoms with Gasteiger partial charge in [0.2, 0.25) is 0 Å². The minimum atomic E-state index is 0.255. The molecule has 17 heavy (non-hydrogen) atoms. The second-order valence-corrected chi connectivity index (χ2v) is 5.52. The van der Waals surface area contributed by atoms with Crippen molar-refractivity contribution in [3.63, 3.8) is 0 Å². The summed E-state index contributed by atoms with van der Waals surface area (Å²) in [6.07, 6.45) is 6.23. The third-order valence-electron chi connectivity index (χ3n) is 3.52. The summed E-state index contributed by atoms with van der Waals surface area (Å²) in [4.78, 5) is 4.32. The van der Waals surface area contributed by atoms with Crippen LogP contribution in [-0.4, -0.2) is 11.5 Å². The molecule has 0 spiro atoms. The Bertz CT molecular complexity index is 345. The van der Waals surface area contributed by atoms with E-state index in [0.29, 0.717) is 6.04 Å². The van der Waals surface area contributed by atoms with E-state index in [2.05, 4.69) is 51.0 Å².